The number of sulfonamides is 1. The average Bonchev–Trinajstić information content (AvgIpc) is 2.90. The van der Waals surface area contributed by atoms with E-state index in [1.54, 1.807) is 24.3 Å². The molecular weight excluding hydrogens is 534 g/mol. The summed E-state index contributed by atoms with van der Waals surface area (Å²) in [7, 11) is -3.87. The summed E-state index contributed by atoms with van der Waals surface area (Å²) in [6.07, 6.45) is 3.04. The molecule has 0 aliphatic rings. The minimum Gasteiger partial charge on any atom is -0.354 e. The number of anilines is 1. The molecule has 3 aromatic carbocycles. The predicted molar refractivity (Wildman–Crippen MR) is 157 cm³/mol. The maximum Gasteiger partial charge on any atom is 0.244 e. The van der Waals surface area contributed by atoms with Gasteiger partial charge >= 0.3 is 0 Å². The van der Waals surface area contributed by atoms with Gasteiger partial charge in [0.2, 0.25) is 21.8 Å². The van der Waals surface area contributed by atoms with Gasteiger partial charge in [-0.1, -0.05) is 91.7 Å². The van der Waals surface area contributed by atoms with Gasteiger partial charge in [-0.05, 0) is 42.2 Å². The van der Waals surface area contributed by atoms with Gasteiger partial charge in [-0.15, -0.1) is 0 Å². The van der Waals surface area contributed by atoms with Gasteiger partial charge < -0.3 is 10.2 Å². The maximum absolute atomic E-state index is 14.1. The number of amides is 2. The molecule has 208 valence electrons. The number of para-hydroxylation sites is 1. The van der Waals surface area contributed by atoms with E-state index < -0.39 is 28.5 Å². The topological polar surface area (TPSA) is 86.8 Å². The molecule has 7 nitrogen and oxygen atoms in total. The van der Waals surface area contributed by atoms with Crippen LogP contribution in [0.15, 0.2) is 78.9 Å². The highest BCUT2D eigenvalue weighted by Gasteiger charge is 2.33. The van der Waals surface area contributed by atoms with Gasteiger partial charge in [0.15, 0.2) is 0 Å². The van der Waals surface area contributed by atoms with Crippen molar-refractivity contribution in [2.24, 2.45) is 0 Å². The lowest BCUT2D eigenvalue weighted by molar-refractivity contribution is -0.140. The fourth-order valence-electron chi connectivity index (χ4n) is 4.28. The lowest BCUT2D eigenvalue weighted by atomic mass is 10.0. The molecule has 1 atom stereocenters. The van der Waals surface area contributed by atoms with Gasteiger partial charge in [-0.25, -0.2) is 8.42 Å². The van der Waals surface area contributed by atoms with Crippen LogP contribution in [0.25, 0.3) is 0 Å². The summed E-state index contributed by atoms with van der Waals surface area (Å²) in [6.45, 7) is 4.11. The molecule has 0 bridgehead atoms. The number of hydrogen-bond donors (Lipinski definition) is 1. The second kappa shape index (κ2) is 14.1. The van der Waals surface area contributed by atoms with Crippen LogP contribution < -0.4 is 9.62 Å². The number of carbonyl (C=O) groups is 2. The van der Waals surface area contributed by atoms with E-state index in [2.05, 4.69) is 5.32 Å². The standard InChI is InChI=1S/C30H36ClN3O4S/c1-4-5-19-32-30(36)28(20-24-14-7-6-8-15-24)33(21-25-16-10-9-13-23(25)2)29(35)22-34(39(3,37)38)27-18-12-11-17-26(27)31/h6-18,28H,4-5,19-22H2,1-3H3,(H,32,36). The fourth-order valence-corrected chi connectivity index (χ4v) is 5.43. The third-order valence-electron chi connectivity index (χ3n) is 6.50. The summed E-state index contributed by atoms with van der Waals surface area (Å²) in [6, 6.07) is 22.8. The van der Waals surface area contributed by atoms with Crippen LogP contribution >= 0.6 is 11.6 Å². The highest BCUT2D eigenvalue weighted by molar-refractivity contribution is 7.92. The van der Waals surface area contributed by atoms with E-state index in [0.29, 0.717) is 6.54 Å². The van der Waals surface area contributed by atoms with E-state index in [0.717, 1.165) is 40.1 Å². The number of unbranched alkanes of at least 4 members (excludes halogenated alkanes) is 1. The van der Waals surface area contributed by atoms with Crippen LogP contribution in [0.1, 0.15) is 36.5 Å². The lowest BCUT2D eigenvalue weighted by Crippen LogP contribution is -2.53. The Bertz CT molecular complexity index is 1370. The molecular formula is C30H36ClN3O4S. The molecule has 3 rings (SSSR count). The molecule has 0 spiro atoms. The molecule has 0 heterocycles. The molecule has 3 aromatic rings. The second-order valence-electron chi connectivity index (χ2n) is 9.52. The minimum atomic E-state index is -3.87. The monoisotopic (exact) mass is 569 g/mol. The lowest BCUT2D eigenvalue weighted by Gasteiger charge is -2.34. The van der Waals surface area contributed by atoms with Crippen molar-refractivity contribution in [3.8, 4) is 0 Å². The fraction of sp³-hybridized carbons (Fsp3) is 0.333. The molecule has 0 aliphatic carbocycles. The van der Waals surface area contributed by atoms with E-state index in [1.807, 2.05) is 68.4 Å². The Hall–Kier alpha value is -3.36. The highest BCUT2D eigenvalue weighted by atomic mass is 35.5. The van der Waals surface area contributed by atoms with Crippen LogP contribution in [0.5, 0.6) is 0 Å². The number of rotatable bonds is 13. The van der Waals surface area contributed by atoms with Gasteiger partial charge in [0.25, 0.3) is 0 Å². The summed E-state index contributed by atoms with van der Waals surface area (Å²) in [5, 5.41) is 3.19. The van der Waals surface area contributed by atoms with Gasteiger partial charge in [0.1, 0.15) is 12.6 Å². The maximum atomic E-state index is 14.1. The summed E-state index contributed by atoms with van der Waals surface area (Å²) in [5.74, 6) is -0.784. The van der Waals surface area contributed by atoms with E-state index in [-0.39, 0.29) is 29.6 Å². The third-order valence-corrected chi connectivity index (χ3v) is 7.95. The Morgan fingerprint density at radius 3 is 2.23 bits per heavy atom. The van der Waals surface area contributed by atoms with Crippen molar-refractivity contribution in [2.45, 2.75) is 45.7 Å². The van der Waals surface area contributed by atoms with Crippen LogP contribution in [0, 0.1) is 6.92 Å². The summed E-state index contributed by atoms with van der Waals surface area (Å²) < 4.78 is 26.7. The summed E-state index contributed by atoms with van der Waals surface area (Å²) in [5.41, 5.74) is 2.93. The molecule has 1 unspecified atom stereocenters. The Labute approximate surface area is 236 Å². The molecule has 0 fully saturated rings. The van der Waals surface area contributed by atoms with Crippen LogP contribution in [0.3, 0.4) is 0 Å². The number of aryl methyl sites for hydroxylation is 1. The third kappa shape index (κ3) is 8.57. The zero-order valence-corrected chi connectivity index (χ0v) is 24.2. The number of halogens is 1. The first-order chi connectivity index (χ1) is 18.6. The van der Waals surface area contributed by atoms with Gasteiger partial charge in [0, 0.05) is 19.5 Å². The van der Waals surface area contributed by atoms with Crippen LogP contribution in [-0.4, -0.2) is 50.5 Å². The molecule has 1 N–H and O–H groups in total. The van der Waals surface area contributed by atoms with Crippen molar-refractivity contribution in [1.29, 1.82) is 0 Å². The minimum absolute atomic E-state index is 0.143. The molecule has 0 saturated heterocycles. The number of nitrogens with zero attached hydrogens (tertiary/aromatic N) is 2. The SMILES string of the molecule is CCCCNC(=O)C(Cc1ccccc1)N(Cc1ccccc1C)C(=O)CN(c1ccccc1Cl)S(C)(=O)=O. The van der Waals surface area contributed by atoms with Gasteiger partial charge in [-0.3, -0.25) is 13.9 Å². The van der Waals surface area contributed by atoms with Crippen LogP contribution in [-0.2, 0) is 32.6 Å². The van der Waals surface area contributed by atoms with Crippen LogP contribution in [0.2, 0.25) is 5.02 Å². The van der Waals surface area contributed by atoms with Crippen molar-refractivity contribution in [2.75, 3.05) is 23.7 Å². The molecule has 2 amide bonds. The van der Waals surface area contributed by atoms with Crippen LogP contribution in [0.4, 0.5) is 5.69 Å². The Kier molecular flexibility index (Phi) is 10.9. The number of benzene rings is 3. The Morgan fingerprint density at radius 1 is 0.949 bits per heavy atom. The normalized spacial score (nSPS) is 12.0. The van der Waals surface area contributed by atoms with E-state index >= 15 is 0 Å². The smallest absolute Gasteiger partial charge is 0.244 e. The quantitative estimate of drug-likeness (QED) is 0.294. The van der Waals surface area contributed by atoms with Crippen molar-refractivity contribution in [1.82, 2.24) is 10.2 Å². The number of carbonyl (C=O) groups excluding carboxylic acids is 2. The molecule has 0 saturated carbocycles. The molecule has 9 heteroatoms. The predicted octanol–water partition coefficient (Wildman–Crippen LogP) is 4.97. The Morgan fingerprint density at radius 2 is 1.59 bits per heavy atom. The second-order valence-corrected chi connectivity index (χ2v) is 11.8. The molecule has 0 aliphatic heterocycles. The van der Waals surface area contributed by atoms with Crippen molar-refractivity contribution in [3.63, 3.8) is 0 Å². The first kappa shape index (κ1) is 30.2. The van der Waals surface area contributed by atoms with Crippen molar-refractivity contribution in [3.05, 3.63) is 101 Å². The first-order valence-corrected chi connectivity index (χ1v) is 15.2. The number of hydrogen-bond acceptors (Lipinski definition) is 4. The van der Waals surface area contributed by atoms with E-state index in [4.69, 9.17) is 11.6 Å². The van der Waals surface area contributed by atoms with Crippen molar-refractivity contribution >= 4 is 39.1 Å². The zero-order valence-electron chi connectivity index (χ0n) is 22.6. The summed E-state index contributed by atoms with van der Waals surface area (Å²) in [4.78, 5) is 29.1. The van der Waals surface area contributed by atoms with E-state index in [1.165, 1.54) is 4.90 Å². The molecule has 39 heavy (non-hydrogen) atoms. The molecule has 0 radical (unpaired) electrons. The first-order valence-electron chi connectivity index (χ1n) is 13.0. The van der Waals surface area contributed by atoms with Gasteiger partial charge in [-0.2, -0.15) is 0 Å². The number of nitrogens with one attached hydrogen (secondary N) is 1. The largest absolute Gasteiger partial charge is 0.354 e. The van der Waals surface area contributed by atoms with Crippen molar-refractivity contribution < 1.29 is 18.0 Å². The summed E-state index contributed by atoms with van der Waals surface area (Å²) >= 11 is 6.33. The molecule has 0 aromatic heterocycles. The van der Waals surface area contributed by atoms with Gasteiger partial charge in [0.05, 0.1) is 17.0 Å². The van der Waals surface area contributed by atoms with E-state index in [9.17, 15) is 18.0 Å². The Balaban J connectivity index is 2.05. The average molecular weight is 570 g/mol. The zero-order chi connectivity index (χ0) is 28.4. The highest BCUT2D eigenvalue weighted by Crippen LogP contribution is 2.28.